The van der Waals surface area contributed by atoms with E-state index in [1.54, 1.807) is 0 Å². The van der Waals surface area contributed by atoms with Crippen LogP contribution in [0.25, 0.3) is 0 Å². The predicted octanol–water partition coefficient (Wildman–Crippen LogP) is 3.00. The van der Waals surface area contributed by atoms with Crippen molar-refractivity contribution in [2.24, 2.45) is 5.92 Å². The predicted molar refractivity (Wildman–Crippen MR) is 90.0 cm³/mol. The van der Waals surface area contributed by atoms with E-state index in [0.29, 0.717) is 18.2 Å². The van der Waals surface area contributed by atoms with Crippen molar-refractivity contribution in [1.29, 1.82) is 0 Å². The molecule has 5 heteroatoms. The zero-order chi connectivity index (χ0) is 15.7. The summed E-state index contributed by atoms with van der Waals surface area (Å²) in [6, 6.07) is 0.260. The zero-order valence-electron chi connectivity index (χ0n) is 14.1. The topological polar surface area (TPSA) is 49.4 Å². The molecule has 0 aliphatic heterocycles. The Morgan fingerprint density at radius 3 is 2.38 bits per heavy atom. The van der Waals surface area contributed by atoms with Gasteiger partial charge in [0.25, 0.3) is 0 Å². The number of rotatable bonds is 11. The normalized spacial score (nSPS) is 17.2. The first-order valence-electron chi connectivity index (χ1n) is 8.67. The minimum absolute atomic E-state index is 0.260. The van der Waals surface area contributed by atoms with Crippen molar-refractivity contribution in [2.75, 3.05) is 25.4 Å². The summed E-state index contributed by atoms with van der Waals surface area (Å²) in [4.78, 5) is 0. The fourth-order valence-electron chi connectivity index (χ4n) is 3.00. The van der Waals surface area contributed by atoms with Gasteiger partial charge >= 0.3 is 0 Å². The van der Waals surface area contributed by atoms with Crippen LogP contribution in [-0.4, -0.2) is 44.2 Å². The Bertz CT molecular complexity index is 362. The first kappa shape index (κ1) is 18.9. The molecular weight excluding hydrogens is 284 g/mol. The van der Waals surface area contributed by atoms with Crippen LogP contribution in [0.2, 0.25) is 0 Å². The summed E-state index contributed by atoms with van der Waals surface area (Å²) in [5.41, 5.74) is 0. The second kappa shape index (κ2) is 9.80. The average molecular weight is 319 g/mol. The van der Waals surface area contributed by atoms with Gasteiger partial charge < -0.3 is 5.32 Å². The molecule has 0 aromatic heterocycles. The fourth-order valence-corrected chi connectivity index (χ4v) is 4.99. The molecule has 0 bridgehead atoms. The van der Waals surface area contributed by atoms with Crippen molar-refractivity contribution in [3.63, 3.8) is 0 Å². The Balaban J connectivity index is 2.46. The van der Waals surface area contributed by atoms with Crippen molar-refractivity contribution < 1.29 is 8.42 Å². The molecule has 0 heterocycles. The van der Waals surface area contributed by atoms with Crippen molar-refractivity contribution in [1.82, 2.24) is 9.62 Å². The minimum atomic E-state index is -3.09. The monoisotopic (exact) mass is 318 g/mol. The van der Waals surface area contributed by atoms with E-state index in [4.69, 9.17) is 0 Å². The van der Waals surface area contributed by atoms with Gasteiger partial charge in [0, 0.05) is 12.6 Å². The summed E-state index contributed by atoms with van der Waals surface area (Å²) < 4.78 is 27.1. The zero-order valence-corrected chi connectivity index (χ0v) is 14.9. The number of hydrogen-bond donors (Lipinski definition) is 1. The summed E-state index contributed by atoms with van der Waals surface area (Å²) in [7, 11) is -3.09. The standard InChI is InChI=1S/C16H34N2O2S/c1-4-11-17-12-7-8-13-21(19,20)18(14-15(2)3)16-9-5-6-10-16/h15-17H,4-14H2,1-3H3. The Morgan fingerprint density at radius 2 is 1.81 bits per heavy atom. The Hall–Kier alpha value is -0.130. The molecule has 0 atom stereocenters. The smallest absolute Gasteiger partial charge is 0.214 e. The fraction of sp³-hybridized carbons (Fsp3) is 1.00. The summed E-state index contributed by atoms with van der Waals surface area (Å²) >= 11 is 0. The van der Waals surface area contributed by atoms with Crippen molar-refractivity contribution in [2.45, 2.75) is 71.8 Å². The molecule has 0 radical (unpaired) electrons. The van der Waals surface area contributed by atoms with Crippen LogP contribution < -0.4 is 5.32 Å². The molecule has 1 rings (SSSR count). The van der Waals surface area contributed by atoms with Gasteiger partial charge in [-0.15, -0.1) is 0 Å². The average Bonchev–Trinajstić information content (AvgIpc) is 2.93. The van der Waals surface area contributed by atoms with E-state index in [0.717, 1.165) is 45.2 Å². The Morgan fingerprint density at radius 1 is 1.14 bits per heavy atom. The van der Waals surface area contributed by atoms with Gasteiger partial charge in [-0.25, -0.2) is 8.42 Å². The maximum Gasteiger partial charge on any atom is 0.214 e. The van der Waals surface area contributed by atoms with E-state index in [9.17, 15) is 8.42 Å². The Labute approximate surface area is 131 Å². The van der Waals surface area contributed by atoms with Crippen LogP contribution in [0, 0.1) is 5.92 Å². The summed E-state index contributed by atoms with van der Waals surface area (Å²) in [5, 5.41) is 3.33. The number of nitrogens with one attached hydrogen (secondary N) is 1. The molecule has 0 aromatic carbocycles. The number of unbranched alkanes of at least 4 members (excludes halogenated alkanes) is 1. The third kappa shape index (κ3) is 7.11. The van der Waals surface area contributed by atoms with E-state index in [2.05, 4.69) is 26.1 Å². The highest BCUT2D eigenvalue weighted by molar-refractivity contribution is 7.89. The largest absolute Gasteiger partial charge is 0.317 e. The molecular formula is C16H34N2O2S. The minimum Gasteiger partial charge on any atom is -0.317 e. The van der Waals surface area contributed by atoms with Crippen molar-refractivity contribution >= 4 is 10.0 Å². The van der Waals surface area contributed by atoms with Crippen LogP contribution in [0.15, 0.2) is 0 Å². The van der Waals surface area contributed by atoms with E-state index < -0.39 is 10.0 Å². The van der Waals surface area contributed by atoms with Crippen LogP contribution in [0.5, 0.6) is 0 Å². The van der Waals surface area contributed by atoms with Crippen molar-refractivity contribution in [3.05, 3.63) is 0 Å². The quantitative estimate of drug-likeness (QED) is 0.596. The molecule has 4 nitrogen and oxygen atoms in total. The summed E-state index contributed by atoms with van der Waals surface area (Å²) in [6.07, 6.45) is 7.28. The lowest BCUT2D eigenvalue weighted by molar-refractivity contribution is 0.292. The summed E-state index contributed by atoms with van der Waals surface area (Å²) in [5.74, 6) is 0.705. The lowest BCUT2D eigenvalue weighted by Crippen LogP contribution is -2.42. The van der Waals surface area contributed by atoms with Gasteiger partial charge in [0.2, 0.25) is 10.0 Å². The van der Waals surface area contributed by atoms with Gasteiger partial charge in [0.05, 0.1) is 5.75 Å². The van der Waals surface area contributed by atoms with Crippen LogP contribution in [0.3, 0.4) is 0 Å². The molecule has 0 amide bonds. The van der Waals surface area contributed by atoms with Crippen LogP contribution in [0.4, 0.5) is 0 Å². The third-order valence-corrected chi connectivity index (χ3v) is 6.03. The van der Waals surface area contributed by atoms with Gasteiger partial charge in [-0.1, -0.05) is 33.6 Å². The molecule has 126 valence electrons. The highest BCUT2D eigenvalue weighted by Crippen LogP contribution is 2.27. The molecule has 1 aliphatic rings. The number of hydrogen-bond acceptors (Lipinski definition) is 3. The van der Waals surface area contributed by atoms with E-state index in [-0.39, 0.29) is 6.04 Å². The van der Waals surface area contributed by atoms with Crippen LogP contribution in [-0.2, 0) is 10.0 Å². The van der Waals surface area contributed by atoms with E-state index in [1.807, 2.05) is 4.31 Å². The second-order valence-electron chi connectivity index (χ2n) is 6.67. The lowest BCUT2D eigenvalue weighted by Gasteiger charge is -2.29. The molecule has 1 saturated carbocycles. The molecule has 0 saturated heterocycles. The van der Waals surface area contributed by atoms with E-state index in [1.165, 1.54) is 12.8 Å². The molecule has 21 heavy (non-hydrogen) atoms. The first-order valence-corrected chi connectivity index (χ1v) is 10.3. The SMILES string of the molecule is CCCNCCCCS(=O)(=O)N(CC(C)C)C1CCCC1. The highest BCUT2D eigenvalue weighted by atomic mass is 32.2. The van der Waals surface area contributed by atoms with Crippen LogP contribution >= 0.6 is 0 Å². The highest BCUT2D eigenvalue weighted by Gasteiger charge is 2.31. The lowest BCUT2D eigenvalue weighted by atomic mass is 10.2. The number of sulfonamides is 1. The third-order valence-electron chi connectivity index (χ3n) is 4.07. The molecule has 0 aromatic rings. The summed E-state index contributed by atoms with van der Waals surface area (Å²) in [6.45, 7) is 8.98. The van der Waals surface area contributed by atoms with Crippen molar-refractivity contribution in [3.8, 4) is 0 Å². The molecule has 0 spiro atoms. The van der Waals surface area contributed by atoms with Gasteiger partial charge in [0.15, 0.2) is 0 Å². The van der Waals surface area contributed by atoms with Crippen LogP contribution in [0.1, 0.15) is 65.7 Å². The molecule has 1 N–H and O–H groups in total. The first-order chi connectivity index (χ1) is 9.97. The Kier molecular flexibility index (Phi) is 8.83. The van der Waals surface area contributed by atoms with Gasteiger partial charge in [0.1, 0.15) is 0 Å². The van der Waals surface area contributed by atoms with Gasteiger partial charge in [-0.05, 0) is 51.1 Å². The molecule has 1 fully saturated rings. The van der Waals surface area contributed by atoms with E-state index >= 15 is 0 Å². The molecule has 1 aliphatic carbocycles. The second-order valence-corrected chi connectivity index (χ2v) is 8.72. The van der Waals surface area contributed by atoms with Gasteiger partial charge in [-0.2, -0.15) is 4.31 Å². The molecule has 0 unspecified atom stereocenters. The maximum atomic E-state index is 12.6. The van der Waals surface area contributed by atoms with Gasteiger partial charge in [-0.3, -0.25) is 0 Å². The number of nitrogens with zero attached hydrogens (tertiary/aromatic N) is 1. The maximum absolute atomic E-state index is 12.6.